The molecule has 0 atom stereocenters. The molecule has 20 heavy (non-hydrogen) atoms. The summed E-state index contributed by atoms with van der Waals surface area (Å²) in [5.74, 6) is -0.156. The largest absolute Gasteiger partial charge is 0.477 e. The fourth-order valence-electron chi connectivity index (χ4n) is 1.69. The van der Waals surface area contributed by atoms with Crippen molar-refractivity contribution in [3.8, 4) is 5.69 Å². The van der Waals surface area contributed by atoms with Gasteiger partial charge in [-0.25, -0.2) is 9.48 Å². The zero-order valence-corrected chi connectivity index (χ0v) is 12.4. The number of anilines is 1. The Bertz CT molecular complexity index is 625. The number of carboxylic acids is 1. The van der Waals surface area contributed by atoms with Gasteiger partial charge in [-0.15, -0.1) is 11.8 Å². The van der Waals surface area contributed by atoms with Crippen LogP contribution in [0.3, 0.4) is 0 Å². The van der Waals surface area contributed by atoms with E-state index >= 15 is 0 Å². The third kappa shape index (κ3) is 2.91. The minimum Gasteiger partial charge on any atom is -0.477 e. The van der Waals surface area contributed by atoms with E-state index in [0.29, 0.717) is 15.7 Å². The van der Waals surface area contributed by atoms with Gasteiger partial charge < -0.3 is 10.8 Å². The number of nitrogens with zero attached hydrogens (tertiary/aromatic N) is 2. The van der Waals surface area contributed by atoms with Crippen LogP contribution in [0.25, 0.3) is 5.69 Å². The van der Waals surface area contributed by atoms with Gasteiger partial charge in [0.1, 0.15) is 16.4 Å². The average Bonchev–Trinajstić information content (AvgIpc) is 2.74. The summed E-state index contributed by atoms with van der Waals surface area (Å²) in [4.78, 5) is 11.3. The third-order valence-electron chi connectivity index (χ3n) is 2.62. The maximum absolute atomic E-state index is 11.3. The summed E-state index contributed by atoms with van der Waals surface area (Å²) in [6, 6.07) is 6.89. The number of aromatic carboxylic acids is 1. The lowest BCUT2D eigenvalue weighted by molar-refractivity contribution is 0.0694. The van der Waals surface area contributed by atoms with E-state index in [9.17, 15) is 9.90 Å². The van der Waals surface area contributed by atoms with Crippen LogP contribution in [0.2, 0.25) is 5.02 Å². The quantitative estimate of drug-likeness (QED) is 0.828. The Morgan fingerprint density at radius 3 is 2.65 bits per heavy atom. The summed E-state index contributed by atoms with van der Waals surface area (Å²) in [5.41, 5.74) is 6.65. The van der Waals surface area contributed by atoms with Crippen molar-refractivity contribution in [2.45, 2.75) is 18.4 Å². The van der Waals surface area contributed by atoms with E-state index in [1.165, 1.54) is 16.4 Å². The van der Waals surface area contributed by atoms with Gasteiger partial charge in [0.2, 0.25) is 0 Å². The Balaban J connectivity index is 2.48. The molecule has 5 nitrogen and oxygen atoms in total. The van der Waals surface area contributed by atoms with Crippen molar-refractivity contribution in [1.29, 1.82) is 0 Å². The number of rotatable bonds is 5. The van der Waals surface area contributed by atoms with Gasteiger partial charge in [0.05, 0.1) is 5.69 Å². The molecule has 7 heteroatoms. The zero-order chi connectivity index (χ0) is 14.7. The van der Waals surface area contributed by atoms with Gasteiger partial charge in [-0.3, -0.25) is 0 Å². The molecule has 1 aromatic carbocycles. The van der Waals surface area contributed by atoms with Crippen molar-refractivity contribution < 1.29 is 9.90 Å². The van der Waals surface area contributed by atoms with Crippen molar-refractivity contribution in [3.05, 3.63) is 34.9 Å². The van der Waals surface area contributed by atoms with Crippen LogP contribution < -0.4 is 5.73 Å². The fourth-order valence-corrected chi connectivity index (χ4v) is 2.69. The number of thioether (sulfide) groups is 1. The van der Waals surface area contributed by atoms with Crippen LogP contribution in [0, 0.1) is 0 Å². The van der Waals surface area contributed by atoms with Crippen LogP contribution in [-0.4, -0.2) is 26.6 Å². The van der Waals surface area contributed by atoms with E-state index in [2.05, 4.69) is 5.10 Å². The summed E-state index contributed by atoms with van der Waals surface area (Å²) in [6.07, 6.45) is 0.928. The number of carbonyl (C=O) groups is 1. The number of halogens is 1. The van der Waals surface area contributed by atoms with Crippen LogP contribution >= 0.6 is 23.4 Å². The van der Waals surface area contributed by atoms with Crippen molar-refractivity contribution in [1.82, 2.24) is 9.78 Å². The topological polar surface area (TPSA) is 81.1 Å². The third-order valence-corrected chi connectivity index (χ3v) is 4.04. The second-order valence-corrected chi connectivity index (χ2v) is 5.63. The van der Waals surface area contributed by atoms with Crippen LogP contribution in [0.15, 0.2) is 29.3 Å². The number of hydrogen-bond acceptors (Lipinski definition) is 4. The summed E-state index contributed by atoms with van der Waals surface area (Å²) in [6.45, 7) is 2.02. The molecule has 2 rings (SSSR count). The van der Waals surface area contributed by atoms with Crippen LogP contribution in [0.4, 0.5) is 5.82 Å². The molecule has 0 aliphatic rings. The summed E-state index contributed by atoms with van der Waals surface area (Å²) < 4.78 is 1.43. The molecule has 0 radical (unpaired) electrons. The Kier molecular flexibility index (Phi) is 4.57. The highest BCUT2D eigenvalue weighted by Gasteiger charge is 2.22. The molecule has 0 bridgehead atoms. The number of hydrogen-bond donors (Lipinski definition) is 2. The normalized spacial score (nSPS) is 10.7. The maximum Gasteiger partial charge on any atom is 0.342 e. The van der Waals surface area contributed by atoms with E-state index in [1.54, 1.807) is 24.3 Å². The first-order valence-corrected chi connectivity index (χ1v) is 7.41. The van der Waals surface area contributed by atoms with E-state index in [1.807, 2.05) is 6.92 Å². The molecule has 0 amide bonds. The van der Waals surface area contributed by atoms with Crippen molar-refractivity contribution in [3.63, 3.8) is 0 Å². The molecule has 1 aromatic heterocycles. The number of nitrogen functional groups attached to an aromatic ring is 1. The highest BCUT2D eigenvalue weighted by Crippen LogP contribution is 2.29. The second kappa shape index (κ2) is 6.19. The van der Waals surface area contributed by atoms with Crippen molar-refractivity contribution >= 4 is 35.1 Å². The minimum absolute atomic E-state index is 0.0541. The lowest BCUT2D eigenvalue weighted by Crippen LogP contribution is -2.05. The zero-order valence-electron chi connectivity index (χ0n) is 10.8. The fraction of sp³-hybridized carbons (Fsp3) is 0.231. The Morgan fingerprint density at radius 2 is 2.10 bits per heavy atom. The first kappa shape index (κ1) is 14.7. The lowest BCUT2D eigenvalue weighted by Gasteiger charge is -2.03. The van der Waals surface area contributed by atoms with E-state index < -0.39 is 5.97 Å². The number of nitrogens with two attached hydrogens (primary N) is 1. The molecular formula is C13H14ClN3O2S. The smallest absolute Gasteiger partial charge is 0.342 e. The second-order valence-electron chi connectivity index (χ2n) is 4.11. The Labute approximate surface area is 125 Å². The predicted molar refractivity (Wildman–Crippen MR) is 81.0 cm³/mol. The molecule has 0 fully saturated rings. The highest BCUT2D eigenvalue weighted by molar-refractivity contribution is 7.99. The van der Waals surface area contributed by atoms with E-state index in [4.69, 9.17) is 17.3 Å². The Hall–Kier alpha value is -1.66. The van der Waals surface area contributed by atoms with Crippen molar-refractivity contribution in [2.75, 3.05) is 11.5 Å². The molecule has 0 aliphatic heterocycles. The van der Waals surface area contributed by atoms with Crippen LogP contribution in [0.5, 0.6) is 0 Å². The van der Waals surface area contributed by atoms with Crippen LogP contribution in [0.1, 0.15) is 23.7 Å². The molecule has 0 saturated heterocycles. The van der Waals surface area contributed by atoms with E-state index in [-0.39, 0.29) is 11.4 Å². The average molecular weight is 312 g/mol. The van der Waals surface area contributed by atoms with Gasteiger partial charge in [-0.05, 0) is 36.4 Å². The number of aromatic nitrogens is 2. The molecule has 0 saturated carbocycles. The maximum atomic E-state index is 11.3. The Morgan fingerprint density at radius 1 is 1.45 bits per heavy atom. The number of carboxylic acid groups (broad SMARTS) is 1. The van der Waals surface area contributed by atoms with Gasteiger partial charge in [0.15, 0.2) is 0 Å². The first-order chi connectivity index (χ1) is 9.54. The molecule has 2 aromatic rings. The molecule has 0 spiro atoms. The van der Waals surface area contributed by atoms with Gasteiger partial charge in [-0.2, -0.15) is 5.10 Å². The number of benzene rings is 1. The first-order valence-electron chi connectivity index (χ1n) is 6.05. The predicted octanol–water partition coefficient (Wildman–Crippen LogP) is 3.31. The van der Waals surface area contributed by atoms with Gasteiger partial charge in [0.25, 0.3) is 0 Å². The molecule has 0 unspecified atom stereocenters. The van der Waals surface area contributed by atoms with Gasteiger partial charge >= 0.3 is 5.97 Å². The van der Waals surface area contributed by atoms with Gasteiger partial charge in [-0.1, -0.05) is 18.5 Å². The summed E-state index contributed by atoms with van der Waals surface area (Å²) in [7, 11) is 0. The van der Waals surface area contributed by atoms with Crippen LogP contribution in [-0.2, 0) is 0 Å². The summed E-state index contributed by atoms with van der Waals surface area (Å²) in [5, 5.41) is 14.6. The van der Waals surface area contributed by atoms with Crippen molar-refractivity contribution in [2.24, 2.45) is 0 Å². The minimum atomic E-state index is -1.07. The molecule has 0 aliphatic carbocycles. The molecular weight excluding hydrogens is 298 g/mol. The monoisotopic (exact) mass is 311 g/mol. The highest BCUT2D eigenvalue weighted by atomic mass is 35.5. The SMILES string of the molecule is CCCSc1nn(-c2ccc(Cl)cc2)c(N)c1C(=O)O. The van der Waals surface area contributed by atoms with Gasteiger partial charge in [0, 0.05) is 5.02 Å². The molecule has 3 N–H and O–H groups in total. The standard InChI is InChI=1S/C13H14ClN3O2S/c1-2-7-20-12-10(13(18)19)11(15)17(16-12)9-5-3-8(14)4-6-9/h3-6H,2,7,15H2,1H3,(H,18,19). The molecule has 1 heterocycles. The lowest BCUT2D eigenvalue weighted by atomic mass is 10.3. The summed E-state index contributed by atoms with van der Waals surface area (Å²) >= 11 is 7.22. The van der Waals surface area contributed by atoms with E-state index in [0.717, 1.165) is 12.2 Å². The molecule has 106 valence electrons.